The SMILES string of the molecule is Cc1ccc(Br)cc1NC(=O)CN=C(N)N1CCN(c2ccc(F)cc2)CC1. The van der Waals surface area contributed by atoms with Crippen molar-refractivity contribution in [2.24, 2.45) is 10.7 Å². The van der Waals surface area contributed by atoms with Crippen molar-refractivity contribution >= 4 is 39.2 Å². The quantitative estimate of drug-likeness (QED) is 0.557. The minimum atomic E-state index is -0.241. The summed E-state index contributed by atoms with van der Waals surface area (Å²) >= 11 is 3.40. The number of rotatable bonds is 4. The van der Waals surface area contributed by atoms with Crippen LogP contribution in [0, 0.1) is 12.7 Å². The molecule has 3 N–H and O–H groups in total. The van der Waals surface area contributed by atoms with E-state index in [2.05, 4.69) is 31.1 Å². The molecule has 0 saturated carbocycles. The third-order valence-corrected chi connectivity index (χ3v) is 5.15. The number of carbonyl (C=O) groups excluding carboxylic acids is 1. The summed E-state index contributed by atoms with van der Waals surface area (Å²) in [5.41, 5.74) is 8.78. The Morgan fingerprint density at radius 3 is 2.54 bits per heavy atom. The number of nitrogens with one attached hydrogen (secondary N) is 1. The van der Waals surface area contributed by atoms with E-state index in [9.17, 15) is 9.18 Å². The number of hydrogen-bond donors (Lipinski definition) is 2. The first-order valence-corrected chi connectivity index (χ1v) is 9.83. The molecule has 0 bridgehead atoms. The molecule has 1 saturated heterocycles. The maximum atomic E-state index is 13.1. The second kappa shape index (κ2) is 9.05. The molecule has 1 fully saturated rings. The summed E-state index contributed by atoms with van der Waals surface area (Å²) in [6, 6.07) is 12.2. The fourth-order valence-corrected chi connectivity index (χ4v) is 3.38. The summed E-state index contributed by atoms with van der Waals surface area (Å²) in [5.74, 6) is -0.0935. The molecule has 1 heterocycles. The third kappa shape index (κ3) is 5.22. The van der Waals surface area contributed by atoms with Gasteiger partial charge in [0.05, 0.1) is 0 Å². The molecule has 0 unspecified atom stereocenters. The van der Waals surface area contributed by atoms with Gasteiger partial charge in [-0.3, -0.25) is 4.79 Å². The minimum absolute atomic E-state index is 0.0318. The van der Waals surface area contributed by atoms with Crippen LogP contribution >= 0.6 is 15.9 Å². The lowest BCUT2D eigenvalue weighted by molar-refractivity contribution is -0.114. The molecule has 28 heavy (non-hydrogen) atoms. The second-order valence-electron chi connectivity index (χ2n) is 6.63. The Hall–Kier alpha value is -2.61. The van der Waals surface area contributed by atoms with E-state index >= 15 is 0 Å². The lowest BCUT2D eigenvalue weighted by atomic mass is 10.2. The van der Waals surface area contributed by atoms with Crippen LogP contribution in [0.1, 0.15) is 5.56 Å². The normalized spacial score (nSPS) is 14.9. The molecule has 8 heteroatoms. The number of anilines is 2. The molecular weight excluding hydrogens is 425 g/mol. The van der Waals surface area contributed by atoms with E-state index in [0.29, 0.717) is 19.0 Å². The predicted molar refractivity (Wildman–Crippen MR) is 114 cm³/mol. The zero-order chi connectivity index (χ0) is 20.1. The van der Waals surface area contributed by atoms with Crippen LogP contribution in [-0.2, 0) is 4.79 Å². The number of nitrogens with zero attached hydrogens (tertiary/aromatic N) is 3. The smallest absolute Gasteiger partial charge is 0.246 e. The van der Waals surface area contributed by atoms with Crippen molar-refractivity contribution in [3.8, 4) is 0 Å². The standard InChI is InChI=1S/C20H23BrFN5O/c1-14-2-3-15(21)12-18(14)25-19(28)13-24-20(23)27-10-8-26(9-11-27)17-6-4-16(22)5-7-17/h2-7,12H,8-11,13H2,1H3,(H2,23,24)(H,25,28). The highest BCUT2D eigenvalue weighted by molar-refractivity contribution is 9.10. The van der Waals surface area contributed by atoms with Crippen molar-refractivity contribution in [3.05, 3.63) is 58.3 Å². The monoisotopic (exact) mass is 447 g/mol. The van der Waals surface area contributed by atoms with Crippen LogP contribution in [-0.4, -0.2) is 49.5 Å². The summed E-state index contributed by atoms with van der Waals surface area (Å²) in [4.78, 5) is 20.5. The van der Waals surface area contributed by atoms with E-state index in [-0.39, 0.29) is 18.3 Å². The molecule has 148 valence electrons. The number of nitrogens with two attached hydrogens (primary N) is 1. The summed E-state index contributed by atoms with van der Waals surface area (Å²) in [6.07, 6.45) is 0. The Morgan fingerprint density at radius 1 is 1.18 bits per heavy atom. The maximum absolute atomic E-state index is 13.1. The number of halogens is 2. The Labute approximate surface area is 172 Å². The predicted octanol–water partition coefficient (Wildman–Crippen LogP) is 2.97. The Bertz CT molecular complexity index is 863. The van der Waals surface area contributed by atoms with Crippen LogP contribution in [0.4, 0.5) is 15.8 Å². The van der Waals surface area contributed by atoms with Crippen molar-refractivity contribution in [1.82, 2.24) is 4.90 Å². The Kier molecular flexibility index (Phi) is 6.51. The maximum Gasteiger partial charge on any atom is 0.246 e. The van der Waals surface area contributed by atoms with Gasteiger partial charge in [0.1, 0.15) is 12.4 Å². The van der Waals surface area contributed by atoms with Crippen LogP contribution in [0.3, 0.4) is 0 Å². The third-order valence-electron chi connectivity index (χ3n) is 4.65. The molecule has 0 radical (unpaired) electrons. The lowest BCUT2D eigenvalue weighted by Gasteiger charge is -2.36. The van der Waals surface area contributed by atoms with Gasteiger partial charge in [0.2, 0.25) is 5.91 Å². The summed E-state index contributed by atoms with van der Waals surface area (Å²) in [7, 11) is 0. The fraction of sp³-hybridized carbons (Fsp3) is 0.300. The van der Waals surface area contributed by atoms with E-state index in [1.54, 1.807) is 12.1 Å². The first-order valence-electron chi connectivity index (χ1n) is 9.04. The first kappa shape index (κ1) is 20.1. The molecule has 1 aliphatic heterocycles. The van der Waals surface area contributed by atoms with Crippen LogP contribution in [0.15, 0.2) is 51.9 Å². The van der Waals surface area contributed by atoms with Crippen LogP contribution in [0.25, 0.3) is 0 Å². The van der Waals surface area contributed by atoms with Gasteiger partial charge in [-0.05, 0) is 48.9 Å². The van der Waals surface area contributed by atoms with Gasteiger partial charge in [-0.2, -0.15) is 0 Å². The van der Waals surface area contributed by atoms with E-state index in [4.69, 9.17) is 5.73 Å². The molecule has 2 aromatic rings. The van der Waals surface area contributed by atoms with E-state index in [0.717, 1.165) is 34.5 Å². The first-order chi connectivity index (χ1) is 13.4. The zero-order valence-corrected chi connectivity index (χ0v) is 17.2. The molecule has 6 nitrogen and oxygen atoms in total. The highest BCUT2D eigenvalue weighted by Crippen LogP contribution is 2.20. The molecule has 0 aliphatic carbocycles. The van der Waals surface area contributed by atoms with Gasteiger partial charge in [0.15, 0.2) is 5.96 Å². The van der Waals surface area contributed by atoms with E-state index in [1.807, 2.05) is 30.0 Å². The molecular formula is C20H23BrFN5O. The average Bonchev–Trinajstić information content (AvgIpc) is 2.70. The number of hydrogen-bond acceptors (Lipinski definition) is 3. The van der Waals surface area contributed by atoms with Crippen molar-refractivity contribution in [1.29, 1.82) is 0 Å². The van der Waals surface area contributed by atoms with Crippen LogP contribution in [0.2, 0.25) is 0 Å². The summed E-state index contributed by atoms with van der Waals surface area (Å²) in [5, 5.41) is 2.85. The topological polar surface area (TPSA) is 74.0 Å². The van der Waals surface area contributed by atoms with Gasteiger partial charge in [0, 0.05) is 42.0 Å². The number of carbonyl (C=O) groups is 1. The second-order valence-corrected chi connectivity index (χ2v) is 7.55. The number of amides is 1. The molecule has 0 atom stereocenters. The number of piperazine rings is 1. The molecule has 2 aromatic carbocycles. The zero-order valence-electron chi connectivity index (χ0n) is 15.7. The number of aryl methyl sites for hydroxylation is 1. The fourth-order valence-electron chi connectivity index (χ4n) is 3.02. The minimum Gasteiger partial charge on any atom is -0.370 e. The van der Waals surface area contributed by atoms with Gasteiger partial charge >= 0.3 is 0 Å². The van der Waals surface area contributed by atoms with Gasteiger partial charge in [0.25, 0.3) is 0 Å². The Balaban J connectivity index is 1.51. The molecule has 3 rings (SSSR count). The van der Waals surface area contributed by atoms with Gasteiger partial charge in [-0.15, -0.1) is 0 Å². The van der Waals surface area contributed by atoms with Crippen molar-refractivity contribution in [2.75, 3.05) is 42.9 Å². The number of guanidine groups is 1. The number of aliphatic imine (C=N–C) groups is 1. The number of benzene rings is 2. The van der Waals surface area contributed by atoms with Crippen LogP contribution in [0.5, 0.6) is 0 Å². The molecule has 0 aromatic heterocycles. The van der Waals surface area contributed by atoms with Crippen LogP contribution < -0.4 is 16.0 Å². The van der Waals surface area contributed by atoms with Crippen molar-refractivity contribution in [3.63, 3.8) is 0 Å². The lowest BCUT2D eigenvalue weighted by Crippen LogP contribution is -2.51. The highest BCUT2D eigenvalue weighted by atomic mass is 79.9. The highest BCUT2D eigenvalue weighted by Gasteiger charge is 2.18. The summed E-state index contributed by atoms with van der Waals surface area (Å²) in [6.45, 7) is 4.80. The Morgan fingerprint density at radius 2 is 1.86 bits per heavy atom. The average molecular weight is 448 g/mol. The largest absolute Gasteiger partial charge is 0.370 e. The molecule has 1 amide bonds. The van der Waals surface area contributed by atoms with Crippen molar-refractivity contribution in [2.45, 2.75) is 6.92 Å². The van der Waals surface area contributed by atoms with Gasteiger partial charge in [-0.25, -0.2) is 9.38 Å². The molecule has 0 spiro atoms. The summed E-state index contributed by atoms with van der Waals surface area (Å²) < 4.78 is 14.0. The van der Waals surface area contributed by atoms with Gasteiger partial charge < -0.3 is 20.9 Å². The van der Waals surface area contributed by atoms with Gasteiger partial charge in [-0.1, -0.05) is 22.0 Å². The van der Waals surface area contributed by atoms with E-state index in [1.165, 1.54) is 12.1 Å². The molecule has 1 aliphatic rings. The van der Waals surface area contributed by atoms with Crippen molar-refractivity contribution < 1.29 is 9.18 Å². The van der Waals surface area contributed by atoms with E-state index < -0.39 is 0 Å².